The molecule has 1 aliphatic rings. The lowest BCUT2D eigenvalue weighted by atomic mass is 10.2. The molecule has 0 unspecified atom stereocenters. The third-order valence-corrected chi connectivity index (χ3v) is 5.01. The summed E-state index contributed by atoms with van der Waals surface area (Å²) in [5.41, 5.74) is 1.99. The third kappa shape index (κ3) is 5.13. The largest absolute Gasteiger partial charge is 0.493 e. The Hall–Kier alpha value is -2.80. The van der Waals surface area contributed by atoms with Crippen LogP contribution >= 0.6 is 0 Å². The average molecular weight is 388 g/mol. The van der Waals surface area contributed by atoms with E-state index in [1.165, 1.54) is 17.0 Å². The molecular formula is C21H27FN3O3+. The van der Waals surface area contributed by atoms with Gasteiger partial charge >= 0.3 is 0 Å². The van der Waals surface area contributed by atoms with Gasteiger partial charge in [-0.15, -0.1) is 0 Å². The van der Waals surface area contributed by atoms with Gasteiger partial charge in [0, 0.05) is 12.2 Å². The maximum absolute atomic E-state index is 13.1. The first-order chi connectivity index (χ1) is 13.6. The predicted molar refractivity (Wildman–Crippen MR) is 106 cm³/mol. The highest BCUT2D eigenvalue weighted by molar-refractivity contribution is 5.76. The molecule has 1 aliphatic heterocycles. The molecule has 7 heteroatoms. The van der Waals surface area contributed by atoms with E-state index in [9.17, 15) is 9.18 Å². The van der Waals surface area contributed by atoms with E-state index in [-0.39, 0.29) is 11.7 Å². The number of nitrogens with zero attached hydrogens (tertiary/aromatic N) is 1. The van der Waals surface area contributed by atoms with Crippen molar-refractivity contribution in [3.63, 3.8) is 0 Å². The zero-order chi connectivity index (χ0) is 19.9. The summed E-state index contributed by atoms with van der Waals surface area (Å²) in [5, 5.41) is 2.97. The number of benzene rings is 2. The van der Waals surface area contributed by atoms with Crippen molar-refractivity contribution in [3.05, 3.63) is 53.8 Å². The smallest absolute Gasteiger partial charge is 0.275 e. The number of anilines is 1. The summed E-state index contributed by atoms with van der Waals surface area (Å²) in [6, 6.07) is 12.2. The van der Waals surface area contributed by atoms with Gasteiger partial charge in [0.25, 0.3) is 5.91 Å². The van der Waals surface area contributed by atoms with Gasteiger partial charge < -0.3 is 24.6 Å². The lowest BCUT2D eigenvalue weighted by Crippen LogP contribution is -3.15. The summed E-state index contributed by atoms with van der Waals surface area (Å²) in [6.45, 7) is 4.36. The molecule has 0 bridgehead atoms. The molecule has 1 saturated heterocycles. The van der Waals surface area contributed by atoms with E-state index in [0.29, 0.717) is 24.6 Å². The standard InChI is InChI=1S/C21H26FN3O3/c1-27-19-8-3-16(13-20(19)28-2)14-23-21(26)15-24-9-11-25(12-10-24)18-6-4-17(22)5-7-18/h3-8,13H,9-12,14-15H2,1-2H3,(H,23,26)/p+1. The third-order valence-electron chi connectivity index (χ3n) is 5.01. The molecule has 0 atom stereocenters. The number of nitrogens with one attached hydrogen (secondary N) is 2. The van der Waals surface area contributed by atoms with Crippen molar-refractivity contribution in [1.29, 1.82) is 0 Å². The fraction of sp³-hybridized carbons (Fsp3) is 0.381. The molecule has 0 aromatic heterocycles. The topological polar surface area (TPSA) is 55.2 Å². The van der Waals surface area contributed by atoms with E-state index < -0.39 is 0 Å². The van der Waals surface area contributed by atoms with Gasteiger partial charge in [-0.25, -0.2) is 4.39 Å². The summed E-state index contributed by atoms with van der Waals surface area (Å²) in [4.78, 5) is 15.8. The van der Waals surface area contributed by atoms with Crippen LogP contribution in [0.25, 0.3) is 0 Å². The zero-order valence-electron chi connectivity index (χ0n) is 16.3. The number of hydrogen-bond acceptors (Lipinski definition) is 4. The molecule has 1 heterocycles. The van der Waals surface area contributed by atoms with E-state index in [1.54, 1.807) is 26.4 Å². The summed E-state index contributed by atoms with van der Waals surface area (Å²) < 4.78 is 23.6. The van der Waals surface area contributed by atoms with Crippen LogP contribution in [-0.4, -0.2) is 52.9 Å². The molecule has 1 amide bonds. The normalized spacial score (nSPS) is 14.6. The monoisotopic (exact) mass is 388 g/mol. The molecule has 0 saturated carbocycles. The van der Waals surface area contributed by atoms with Crippen LogP contribution in [0.4, 0.5) is 10.1 Å². The molecule has 1 fully saturated rings. The molecule has 2 aromatic carbocycles. The van der Waals surface area contributed by atoms with Crippen molar-refractivity contribution in [2.75, 3.05) is 51.8 Å². The Bertz CT molecular complexity index is 790. The second-order valence-corrected chi connectivity index (χ2v) is 6.86. The number of ether oxygens (including phenoxy) is 2. The molecule has 3 rings (SSSR count). The number of piperazine rings is 1. The van der Waals surface area contributed by atoms with Gasteiger partial charge in [-0.2, -0.15) is 0 Å². The molecule has 28 heavy (non-hydrogen) atoms. The average Bonchev–Trinajstić information content (AvgIpc) is 2.73. The molecule has 2 aromatic rings. The summed E-state index contributed by atoms with van der Waals surface area (Å²) in [5.74, 6) is 1.12. The van der Waals surface area contributed by atoms with Gasteiger partial charge in [-0.1, -0.05) is 6.07 Å². The van der Waals surface area contributed by atoms with Gasteiger partial charge in [0.2, 0.25) is 0 Å². The number of hydrogen-bond donors (Lipinski definition) is 2. The number of carbonyl (C=O) groups excluding carboxylic acids is 1. The molecule has 6 nitrogen and oxygen atoms in total. The Balaban J connectivity index is 1.44. The van der Waals surface area contributed by atoms with Crippen LogP contribution in [0.1, 0.15) is 5.56 Å². The van der Waals surface area contributed by atoms with Crippen LogP contribution in [0.15, 0.2) is 42.5 Å². The van der Waals surface area contributed by atoms with E-state index >= 15 is 0 Å². The van der Waals surface area contributed by atoms with E-state index in [4.69, 9.17) is 9.47 Å². The Kier molecular flexibility index (Phi) is 6.71. The quantitative estimate of drug-likeness (QED) is 0.739. The van der Waals surface area contributed by atoms with Crippen LogP contribution in [0.5, 0.6) is 11.5 Å². The Morgan fingerprint density at radius 1 is 1.07 bits per heavy atom. The number of methoxy groups -OCH3 is 2. The lowest BCUT2D eigenvalue weighted by molar-refractivity contribution is -0.892. The van der Waals surface area contributed by atoms with Gasteiger partial charge in [-0.3, -0.25) is 4.79 Å². The van der Waals surface area contributed by atoms with E-state index in [2.05, 4.69) is 10.2 Å². The number of carbonyl (C=O) groups is 1. The summed E-state index contributed by atoms with van der Waals surface area (Å²) >= 11 is 0. The minimum Gasteiger partial charge on any atom is -0.493 e. The van der Waals surface area contributed by atoms with Crippen molar-refractivity contribution >= 4 is 11.6 Å². The van der Waals surface area contributed by atoms with Gasteiger partial charge in [0.15, 0.2) is 18.0 Å². The number of quaternary nitrogens is 1. The van der Waals surface area contributed by atoms with Crippen LogP contribution in [0.3, 0.4) is 0 Å². The minimum absolute atomic E-state index is 0.0278. The SMILES string of the molecule is COc1ccc(CNC(=O)C[NH+]2CCN(c3ccc(F)cc3)CC2)cc1OC. The second-order valence-electron chi connectivity index (χ2n) is 6.86. The second kappa shape index (κ2) is 9.41. The number of halogens is 1. The van der Waals surface area contributed by atoms with Crippen LogP contribution in [0.2, 0.25) is 0 Å². The van der Waals surface area contributed by atoms with Gasteiger partial charge in [0.05, 0.1) is 40.4 Å². The maximum atomic E-state index is 13.1. The fourth-order valence-corrected chi connectivity index (χ4v) is 3.39. The molecule has 0 aliphatic carbocycles. The number of amides is 1. The van der Waals surface area contributed by atoms with Crippen molar-refractivity contribution in [2.24, 2.45) is 0 Å². The molecule has 0 spiro atoms. The highest BCUT2D eigenvalue weighted by Gasteiger charge is 2.22. The minimum atomic E-state index is -0.223. The van der Waals surface area contributed by atoms with Gasteiger partial charge in [-0.05, 0) is 42.0 Å². The maximum Gasteiger partial charge on any atom is 0.275 e. The predicted octanol–water partition coefficient (Wildman–Crippen LogP) is 0.864. The first-order valence-corrected chi connectivity index (χ1v) is 9.40. The highest BCUT2D eigenvalue weighted by atomic mass is 19.1. The number of rotatable bonds is 7. The van der Waals surface area contributed by atoms with Gasteiger partial charge in [0.1, 0.15) is 5.82 Å². The van der Waals surface area contributed by atoms with Crippen molar-refractivity contribution in [1.82, 2.24) is 5.32 Å². The van der Waals surface area contributed by atoms with Crippen molar-refractivity contribution < 1.29 is 23.6 Å². The zero-order valence-corrected chi connectivity index (χ0v) is 16.3. The molecule has 0 radical (unpaired) electrons. The van der Waals surface area contributed by atoms with Crippen LogP contribution < -0.4 is 24.6 Å². The lowest BCUT2D eigenvalue weighted by Gasteiger charge is -2.33. The Morgan fingerprint density at radius 3 is 2.39 bits per heavy atom. The van der Waals surface area contributed by atoms with Crippen molar-refractivity contribution in [3.8, 4) is 11.5 Å². The van der Waals surface area contributed by atoms with Crippen molar-refractivity contribution in [2.45, 2.75) is 6.54 Å². The first kappa shape index (κ1) is 19.9. The van der Waals surface area contributed by atoms with E-state index in [1.807, 2.05) is 18.2 Å². The molecule has 150 valence electrons. The first-order valence-electron chi connectivity index (χ1n) is 9.40. The fourth-order valence-electron chi connectivity index (χ4n) is 3.39. The molecule has 2 N–H and O–H groups in total. The Labute approximate surface area is 164 Å². The Morgan fingerprint density at radius 2 is 1.75 bits per heavy atom. The highest BCUT2D eigenvalue weighted by Crippen LogP contribution is 2.27. The summed E-state index contributed by atoms with van der Waals surface area (Å²) in [6.07, 6.45) is 0. The summed E-state index contributed by atoms with van der Waals surface area (Å²) in [7, 11) is 3.19. The van der Waals surface area contributed by atoms with Crippen LogP contribution in [-0.2, 0) is 11.3 Å². The molecular weight excluding hydrogens is 361 g/mol. The van der Waals surface area contributed by atoms with Crippen LogP contribution in [0, 0.1) is 5.82 Å². The van der Waals surface area contributed by atoms with E-state index in [0.717, 1.165) is 37.4 Å².